The molecule has 1 saturated heterocycles. The Morgan fingerprint density at radius 1 is 1.33 bits per heavy atom. The maximum Gasteiger partial charge on any atom is 0.241 e. The second-order valence-electron chi connectivity index (χ2n) is 4.72. The summed E-state index contributed by atoms with van der Waals surface area (Å²) in [5.74, 6) is -0.959. The van der Waals surface area contributed by atoms with Gasteiger partial charge in [0.1, 0.15) is 5.82 Å². The van der Waals surface area contributed by atoms with Gasteiger partial charge in [-0.2, -0.15) is 0 Å². The van der Waals surface area contributed by atoms with Crippen LogP contribution in [0.2, 0.25) is 0 Å². The number of rotatable bonds is 6. The van der Waals surface area contributed by atoms with Crippen molar-refractivity contribution in [2.24, 2.45) is 0 Å². The first-order chi connectivity index (χ1) is 9.97. The normalized spacial score (nSPS) is 18.6. The van der Waals surface area contributed by atoms with E-state index in [1.165, 1.54) is 0 Å². The molecule has 8 heteroatoms. The van der Waals surface area contributed by atoms with E-state index in [-0.39, 0.29) is 17.5 Å². The Morgan fingerprint density at radius 2 is 2.05 bits per heavy atom. The lowest BCUT2D eigenvalue weighted by molar-refractivity contribution is -0.120. The van der Waals surface area contributed by atoms with Gasteiger partial charge in [0.2, 0.25) is 15.9 Å². The first-order valence-electron chi connectivity index (χ1n) is 6.61. The van der Waals surface area contributed by atoms with Gasteiger partial charge in [0.05, 0.1) is 17.5 Å². The Balaban J connectivity index is 1.80. The van der Waals surface area contributed by atoms with E-state index in [1.807, 2.05) is 0 Å². The second kappa shape index (κ2) is 6.97. The summed E-state index contributed by atoms with van der Waals surface area (Å²) < 4.78 is 44.0. The smallest absolute Gasteiger partial charge is 0.241 e. The van der Waals surface area contributed by atoms with Gasteiger partial charge in [-0.3, -0.25) is 4.79 Å². The van der Waals surface area contributed by atoms with Gasteiger partial charge >= 0.3 is 0 Å². The number of amides is 1. The first-order valence-corrected chi connectivity index (χ1v) is 8.09. The highest BCUT2D eigenvalue weighted by molar-refractivity contribution is 7.89. The fourth-order valence-corrected chi connectivity index (χ4v) is 2.94. The van der Waals surface area contributed by atoms with Crippen LogP contribution in [0.25, 0.3) is 0 Å². The lowest BCUT2D eigenvalue weighted by atomic mass is 10.2. The summed E-state index contributed by atoms with van der Waals surface area (Å²) in [6.45, 7) is 0.696. The van der Waals surface area contributed by atoms with Gasteiger partial charge < -0.3 is 10.1 Å². The predicted octanol–water partition coefficient (Wildman–Crippen LogP) is 0.399. The molecule has 1 aliphatic rings. The zero-order valence-corrected chi connectivity index (χ0v) is 12.2. The third-order valence-corrected chi connectivity index (χ3v) is 4.51. The van der Waals surface area contributed by atoms with Crippen LogP contribution in [0.5, 0.6) is 0 Å². The maximum atomic E-state index is 12.7. The van der Waals surface area contributed by atoms with Crippen LogP contribution < -0.4 is 10.0 Å². The topological polar surface area (TPSA) is 84.5 Å². The van der Waals surface area contributed by atoms with E-state index >= 15 is 0 Å². The number of benzene rings is 1. The lowest BCUT2D eigenvalue weighted by Crippen LogP contribution is -2.39. The van der Waals surface area contributed by atoms with E-state index in [0.717, 1.165) is 37.1 Å². The molecule has 1 atom stereocenters. The summed E-state index contributed by atoms with van der Waals surface area (Å²) in [6, 6.07) is 4.38. The predicted molar refractivity (Wildman–Crippen MR) is 73.6 cm³/mol. The Bertz CT molecular complexity index is 583. The van der Waals surface area contributed by atoms with E-state index in [4.69, 9.17) is 4.74 Å². The third-order valence-electron chi connectivity index (χ3n) is 3.10. The highest BCUT2D eigenvalue weighted by atomic mass is 32.2. The van der Waals surface area contributed by atoms with Crippen LogP contribution in [-0.2, 0) is 19.6 Å². The molecule has 1 aromatic rings. The number of hydrogen-bond donors (Lipinski definition) is 2. The molecule has 1 heterocycles. The molecule has 0 spiro atoms. The summed E-state index contributed by atoms with van der Waals surface area (Å²) >= 11 is 0. The molecule has 2 N–H and O–H groups in total. The van der Waals surface area contributed by atoms with Crippen LogP contribution in [0, 0.1) is 5.82 Å². The van der Waals surface area contributed by atoms with E-state index in [2.05, 4.69) is 10.0 Å². The minimum atomic E-state index is -3.82. The zero-order valence-electron chi connectivity index (χ0n) is 11.3. The number of ether oxygens (including phenoxy) is 1. The van der Waals surface area contributed by atoms with Crippen LogP contribution in [0.4, 0.5) is 4.39 Å². The minimum Gasteiger partial charge on any atom is -0.376 e. The summed E-state index contributed by atoms with van der Waals surface area (Å²) in [4.78, 5) is 11.5. The van der Waals surface area contributed by atoms with Crippen molar-refractivity contribution < 1.29 is 22.3 Å². The number of nitrogens with one attached hydrogen (secondary N) is 2. The van der Waals surface area contributed by atoms with Crippen molar-refractivity contribution in [3.8, 4) is 0 Å². The fourth-order valence-electron chi connectivity index (χ4n) is 1.95. The quantitative estimate of drug-likeness (QED) is 0.795. The molecule has 1 aliphatic heterocycles. The third kappa shape index (κ3) is 4.76. The molecule has 0 bridgehead atoms. The summed E-state index contributed by atoms with van der Waals surface area (Å²) in [5, 5.41) is 2.61. The zero-order chi connectivity index (χ0) is 15.3. The highest BCUT2D eigenvalue weighted by Crippen LogP contribution is 2.11. The van der Waals surface area contributed by atoms with Crippen molar-refractivity contribution in [3.05, 3.63) is 30.1 Å². The molecular weight excluding hydrogens is 299 g/mol. The standard InChI is InChI=1S/C13H17FN2O4S/c14-10-3-5-12(6-4-10)21(18,19)16-9-13(17)15-8-11-2-1-7-20-11/h3-6,11,16H,1-2,7-9H2,(H,15,17)/t11-/m0/s1. The molecule has 0 aliphatic carbocycles. The van der Waals surface area contributed by atoms with Crippen molar-refractivity contribution in [3.63, 3.8) is 0 Å². The average molecular weight is 316 g/mol. The van der Waals surface area contributed by atoms with Crippen molar-refractivity contribution >= 4 is 15.9 Å². The van der Waals surface area contributed by atoms with Gasteiger partial charge in [-0.1, -0.05) is 0 Å². The first kappa shape index (κ1) is 15.9. The molecule has 0 radical (unpaired) electrons. The van der Waals surface area contributed by atoms with Gasteiger partial charge in [-0.15, -0.1) is 0 Å². The summed E-state index contributed by atoms with van der Waals surface area (Å²) in [6.07, 6.45) is 1.86. The Kier molecular flexibility index (Phi) is 5.27. The van der Waals surface area contributed by atoms with Crippen molar-refractivity contribution in [2.75, 3.05) is 19.7 Å². The SMILES string of the molecule is O=C(CNS(=O)(=O)c1ccc(F)cc1)NC[C@@H]1CCCO1. The summed E-state index contributed by atoms with van der Waals surface area (Å²) in [5.41, 5.74) is 0. The maximum absolute atomic E-state index is 12.7. The molecule has 0 unspecified atom stereocenters. The largest absolute Gasteiger partial charge is 0.376 e. The number of carbonyl (C=O) groups excluding carboxylic acids is 1. The van der Waals surface area contributed by atoms with Gasteiger partial charge in [0, 0.05) is 13.2 Å². The van der Waals surface area contributed by atoms with Gasteiger partial charge in [0.25, 0.3) is 0 Å². The van der Waals surface area contributed by atoms with E-state index in [9.17, 15) is 17.6 Å². The molecule has 1 fully saturated rings. The van der Waals surface area contributed by atoms with Crippen LogP contribution >= 0.6 is 0 Å². The minimum absolute atomic E-state index is 0.00246. The molecular formula is C13H17FN2O4S. The number of halogens is 1. The number of hydrogen-bond acceptors (Lipinski definition) is 4. The summed E-state index contributed by atoms with van der Waals surface area (Å²) in [7, 11) is -3.82. The molecule has 0 saturated carbocycles. The monoisotopic (exact) mass is 316 g/mol. The van der Waals surface area contributed by atoms with E-state index < -0.39 is 21.7 Å². The Morgan fingerprint density at radius 3 is 2.67 bits per heavy atom. The molecule has 116 valence electrons. The van der Waals surface area contributed by atoms with Crippen molar-refractivity contribution in [2.45, 2.75) is 23.8 Å². The molecule has 1 amide bonds. The van der Waals surface area contributed by atoms with Crippen molar-refractivity contribution in [1.29, 1.82) is 0 Å². The number of carbonyl (C=O) groups is 1. The van der Waals surface area contributed by atoms with Crippen LogP contribution in [0.3, 0.4) is 0 Å². The molecule has 6 nitrogen and oxygen atoms in total. The molecule has 21 heavy (non-hydrogen) atoms. The number of sulfonamides is 1. The van der Waals surface area contributed by atoms with E-state index in [1.54, 1.807) is 0 Å². The Labute approximate surface area is 122 Å². The van der Waals surface area contributed by atoms with Crippen molar-refractivity contribution in [1.82, 2.24) is 10.0 Å². The van der Waals surface area contributed by atoms with Crippen LogP contribution in [-0.4, -0.2) is 40.1 Å². The highest BCUT2D eigenvalue weighted by Gasteiger charge is 2.18. The van der Waals surface area contributed by atoms with Gasteiger partial charge in [-0.05, 0) is 37.1 Å². The lowest BCUT2D eigenvalue weighted by Gasteiger charge is -2.11. The molecule has 2 rings (SSSR count). The second-order valence-corrected chi connectivity index (χ2v) is 6.48. The molecule has 1 aromatic carbocycles. The Hall–Kier alpha value is -1.51. The molecule has 0 aromatic heterocycles. The van der Waals surface area contributed by atoms with E-state index in [0.29, 0.717) is 13.2 Å². The van der Waals surface area contributed by atoms with Crippen LogP contribution in [0.1, 0.15) is 12.8 Å². The van der Waals surface area contributed by atoms with Crippen LogP contribution in [0.15, 0.2) is 29.2 Å². The van der Waals surface area contributed by atoms with Gasteiger partial charge in [0.15, 0.2) is 0 Å². The fraction of sp³-hybridized carbons (Fsp3) is 0.462. The van der Waals surface area contributed by atoms with Gasteiger partial charge in [-0.25, -0.2) is 17.5 Å². The average Bonchev–Trinajstić information content (AvgIpc) is 2.97.